The summed E-state index contributed by atoms with van der Waals surface area (Å²) >= 11 is 0. The van der Waals surface area contributed by atoms with E-state index in [-0.39, 0.29) is 10.6 Å². The first-order valence-corrected chi connectivity index (χ1v) is 23.2. The van der Waals surface area contributed by atoms with Crippen LogP contribution in [0.3, 0.4) is 0 Å². The quantitative estimate of drug-likeness (QED) is 0.0500. The predicted molar refractivity (Wildman–Crippen MR) is 194 cm³/mol. The Morgan fingerprint density at radius 2 is 1.07 bits per heavy atom. The van der Waals surface area contributed by atoms with E-state index in [9.17, 15) is 10.1 Å². The molecule has 0 aliphatic carbocycles. The second kappa shape index (κ2) is 15.8. The molecule has 2 aromatic heterocycles. The molecule has 0 spiro atoms. The Bertz CT molecular complexity index is 1580. The van der Waals surface area contributed by atoms with Gasteiger partial charge in [0.1, 0.15) is 13.5 Å². The summed E-state index contributed by atoms with van der Waals surface area (Å²) in [4.78, 5) is 10.4. The summed E-state index contributed by atoms with van der Waals surface area (Å²) in [6.07, 6.45) is 0. The molecule has 0 unspecified atom stereocenters. The Hall–Kier alpha value is -3.59. The number of nitro groups is 1. The highest BCUT2D eigenvalue weighted by atomic mass is 28.3. The lowest BCUT2D eigenvalue weighted by Crippen LogP contribution is -2.22. The van der Waals surface area contributed by atoms with Crippen LogP contribution in [0.25, 0.3) is 22.3 Å². The van der Waals surface area contributed by atoms with Crippen molar-refractivity contribution >= 4 is 27.5 Å². The van der Waals surface area contributed by atoms with Crippen molar-refractivity contribution in [3.8, 4) is 22.3 Å². The molecule has 10 nitrogen and oxygen atoms in total. The summed E-state index contributed by atoms with van der Waals surface area (Å²) in [6, 6.07) is 16.8. The van der Waals surface area contributed by atoms with E-state index in [1.807, 2.05) is 54.4 Å². The van der Waals surface area contributed by atoms with Gasteiger partial charge in [-0.3, -0.25) is 10.1 Å². The van der Waals surface area contributed by atoms with Gasteiger partial charge in [0.25, 0.3) is 5.69 Å². The number of ether oxygens (including phenoxy) is 2. The Balaban J connectivity index is 0.000000251. The summed E-state index contributed by atoms with van der Waals surface area (Å²) in [5.41, 5.74) is 15.0. The first-order valence-electron chi connectivity index (χ1n) is 15.8. The van der Waals surface area contributed by atoms with Crippen molar-refractivity contribution in [2.24, 2.45) is 0 Å². The molecule has 2 N–H and O–H groups in total. The van der Waals surface area contributed by atoms with E-state index >= 15 is 0 Å². The monoisotopic (exact) mass is 664 g/mol. The fourth-order valence-corrected chi connectivity index (χ4v) is 6.45. The molecule has 46 heavy (non-hydrogen) atoms. The zero-order chi connectivity index (χ0) is 34.2. The van der Waals surface area contributed by atoms with E-state index in [0.717, 1.165) is 64.4 Å². The van der Waals surface area contributed by atoms with Crippen molar-refractivity contribution in [3.05, 3.63) is 81.4 Å². The van der Waals surface area contributed by atoms with Gasteiger partial charge in [0.15, 0.2) is 0 Å². The zero-order valence-electron chi connectivity index (χ0n) is 29.3. The molecule has 0 bridgehead atoms. The first kappa shape index (κ1) is 36.9. The van der Waals surface area contributed by atoms with Gasteiger partial charge >= 0.3 is 0 Å². The van der Waals surface area contributed by atoms with E-state index in [1.165, 1.54) is 23.7 Å². The van der Waals surface area contributed by atoms with E-state index in [0.29, 0.717) is 13.5 Å². The maximum absolute atomic E-state index is 10.8. The molecule has 0 radical (unpaired) electrons. The van der Waals surface area contributed by atoms with Crippen molar-refractivity contribution in [1.29, 1.82) is 0 Å². The van der Waals surface area contributed by atoms with Crippen LogP contribution in [0.15, 0.2) is 48.5 Å². The molecule has 0 amide bonds. The molecule has 4 rings (SSSR count). The number of aryl methyl sites for hydroxylation is 2. The molecule has 12 heteroatoms. The third-order valence-corrected chi connectivity index (χ3v) is 11.2. The van der Waals surface area contributed by atoms with Crippen molar-refractivity contribution < 1.29 is 14.4 Å². The zero-order valence-corrected chi connectivity index (χ0v) is 31.3. The fraction of sp³-hybridized carbons (Fsp3) is 0.471. The number of anilines is 1. The van der Waals surface area contributed by atoms with E-state index < -0.39 is 16.1 Å². The van der Waals surface area contributed by atoms with Crippen LogP contribution in [0, 0.1) is 37.8 Å². The third kappa shape index (κ3) is 10.8. The lowest BCUT2D eigenvalue weighted by atomic mass is 10.0. The maximum atomic E-state index is 10.8. The van der Waals surface area contributed by atoms with Gasteiger partial charge in [0, 0.05) is 69.7 Å². The highest BCUT2D eigenvalue weighted by Crippen LogP contribution is 2.29. The Kier molecular flexibility index (Phi) is 12.7. The molecule has 2 aromatic carbocycles. The number of nitro benzene ring substituents is 1. The summed E-state index contributed by atoms with van der Waals surface area (Å²) in [7, 11) is -2.13. The summed E-state index contributed by atoms with van der Waals surface area (Å²) < 4.78 is 15.4. The van der Waals surface area contributed by atoms with Crippen LogP contribution in [0.1, 0.15) is 22.8 Å². The van der Waals surface area contributed by atoms with Crippen molar-refractivity contribution in [3.63, 3.8) is 0 Å². The summed E-state index contributed by atoms with van der Waals surface area (Å²) in [6.45, 7) is 24.6. The van der Waals surface area contributed by atoms with Gasteiger partial charge < -0.3 is 15.2 Å². The fourth-order valence-electron chi connectivity index (χ4n) is 4.94. The van der Waals surface area contributed by atoms with Gasteiger partial charge in [-0.25, -0.2) is 9.36 Å². The minimum Gasteiger partial charge on any atom is -0.399 e. The highest BCUT2D eigenvalue weighted by molar-refractivity contribution is 6.76. The van der Waals surface area contributed by atoms with Crippen LogP contribution in [0.4, 0.5) is 11.4 Å². The van der Waals surface area contributed by atoms with Crippen molar-refractivity contribution in [2.45, 2.75) is 92.5 Å². The van der Waals surface area contributed by atoms with Gasteiger partial charge in [-0.05, 0) is 75.2 Å². The van der Waals surface area contributed by atoms with Crippen molar-refractivity contribution in [2.75, 3.05) is 18.9 Å². The lowest BCUT2D eigenvalue weighted by Gasteiger charge is -2.15. The average molecular weight is 665 g/mol. The number of hydrogen-bond donors (Lipinski definition) is 1. The number of rotatable bonds is 13. The molecule has 0 atom stereocenters. The van der Waals surface area contributed by atoms with Gasteiger partial charge in [-0.1, -0.05) is 51.4 Å². The molecule has 0 aliphatic heterocycles. The van der Waals surface area contributed by atoms with E-state index in [1.54, 1.807) is 12.1 Å². The molecule has 2 heterocycles. The second-order valence-electron chi connectivity index (χ2n) is 14.2. The van der Waals surface area contributed by atoms with Crippen LogP contribution in [0.5, 0.6) is 0 Å². The predicted octanol–water partition coefficient (Wildman–Crippen LogP) is 8.45. The maximum Gasteiger partial charge on any atom is 0.269 e. The standard InChI is InChI=1S/C17H25N3O3Si.C17H27N3OSi/c1-13-17(15-6-8-16(9-7-15)20(21)22)14(2)19(18-13)12-23-10-11-24(3,4)5;1-13-17(15-6-8-16(18)9-7-15)14(2)20(19-13)12-21-10-11-22(3,4)5/h6-9H,10-12H2,1-5H3;6-9H,10-12,18H2,1-5H3. The van der Waals surface area contributed by atoms with Crippen LogP contribution < -0.4 is 5.73 Å². The molecular weight excluding hydrogens is 613 g/mol. The number of nitrogens with two attached hydrogens (primary N) is 1. The van der Waals surface area contributed by atoms with Gasteiger partial charge in [-0.15, -0.1) is 0 Å². The van der Waals surface area contributed by atoms with Crippen LogP contribution >= 0.6 is 0 Å². The minimum atomic E-state index is -1.09. The normalized spacial score (nSPS) is 11.8. The van der Waals surface area contributed by atoms with Crippen LogP contribution in [0.2, 0.25) is 51.4 Å². The molecule has 0 aliphatic rings. The van der Waals surface area contributed by atoms with Gasteiger partial charge in [0.05, 0.1) is 16.3 Å². The third-order valence-electron chi connectivity index (χ3n) is 7.75. The number of nitrogen functional groups attached to an aromatic ring is 1. The van der Waals surface area contributed by atoms with Gasteiger partial charge in [-0.2, -0.15) is 10.2 Å². The number of aromatic nitrogens is 4. The molecule has 250 valence electrons. The first-order chi connectivity index (χ1) is 21.5. The lowest BCUT2D eigenvalue weighted by molar-refractivity contribution is -0.384. The highest BCUT2D eigenvalue weighted by Gasteiger charge is 2.17. The largest absolute Gasteiger partial charge is 0.399 e. The number of hydrogen-bond acceptors (Lipinski definition) is 7. The Labute approximate surface area is 276 Å². The topological polar surface area (TPSA) is 123 Å². The average Bonchev–Trinajstić information content (AvgIpc) is 3.41. The van der Waals surface area contributed by atoms with E-state index in [2.05, 4.69) is 56.4 Å². The SMILES string of the molecule is Cc1nn(COCC[Si](C)(C)C)c(C)c1-c1ccc(N)cc1.Cc1nn(COCC[Si](C)(C)C)c(C)c1-c1ccc([N+](=O)[O-])cc1. The molecule has 0 saturated heterocycles. The number of nitrogens with zero attached hydrogens (tertiary/aromatic N) is 5. The molecule has 0 fully saturated rings. The van der Waals surface area contributed by atoms with Crippen LogP contribution in [-0.2, 0) is 22.9 Å². The number of non-ortho nitro benzene ring substituents is 1. The summed E-state index contributed by atoms with van der Waals surface area (Å²) in [5.74, 6) is 0. The van der Waals surface area contributed by atoms with Crippen LogP contribution in [-0.4, -0.2) is 53.8 Å². The van der Waals surface area contributed by atoms with Crippen molar-refractivity contribution in [1.82, 2.24) is 19.6 Å². The Morgan fingerprint density at radius 1 is 0.696 bits per heavy atom. The van der Waals surface area contributed by atoms with Gasteiger partial charge in [0.2, 0.25) is 0 Å². The minimum absolute atomic E-state index is 0.0936. The molecule has 0 saturated carbocycles. The molecule has 4 aromatic rings. The Morgan fingerprint density at radius 3 is 1.41 bits per heavy atom. The summed E-state index contributed by atoms with van der Waals surface area (Å²) in [5, 5.41) is 19.9. The molecular formula is C34H52N6O4Si2. The smallest absolute Gasteiger partial charge is 0.269 e. The number of benzene rings is 2. The van der Waals surface area contributed by atoms with E-state index in [4.69, 9.17) is 15.2 Å². The second-order valence-corrected chi connectivity index (χ2v) is 25.5.